The van der Waals surface area contributed by atoms with Gasteiger partial charge in [-0.15, -0.1) is 0 Å². The van der Waals surface area contributed by atoms with Gasteiger partial charge in [0.15, 0.2) is 22.1 Å². The van der Waals surface area contributed by atoms with Crippen molar-refractivity contribution >= 4 is 40.3 Å². The maximum absolute atomic E-state index is 12.1. The Balaban J connectivity index is 1.89. The summed E-state index contributed by atoms with van der Waals surface area (Å²) >= 11 is 6.88. The minimum atomic E-state index is -0.456. The Morgan fingerprint density at radius 3 is 2.65 bits per heavy atom. The lowest BCUT2D eigenvalue weighted by Gasteiger charge is -2.00. The third-order valence-electron chi connectivity index (χ3n) is 3.36. The van der Waals surface area contributed by atoms with Crippen molar-refractivity contribution in [2.24, 2.45) is 14.1 Å². The molecular formula is C13H12ClN5O3S. The zero-order valence-corrected chi connectivity index (χ0v) is 13.8. The van der Waals surface area contributed by atoms with Crippen LogP contribution in [0.25, 0.3) is 11.2 Å². The lowest BCUT2D eigenvalue weighted by atomic mass is 10.3. The molecule has 0 radical (unpaired) electrons. The van der Waals surface area contributed by atoms with E-state index in [-0.39, 0.29) is 22.7 Å². The number of hydrogen-bond acceptors (Lipinski definition) is 5. The van der Waals surface area contributed by atoms with Crippen molar-refractivity contribution < 1.29 is 4.79 Å². The minimum absolute atomic E-state index is 0.116. The number of nitrogens with zero attached hydrogens (tertiary/aromatic N) is 3. The van der Waals surface area contributed by atoms with Crippen molar-refractivity contribution in [3.63, 3.8) is 0 Å². The van der Waals surface area contributed by atoms with Crippen molar-refractivity contribution in [3.8, 4) is 0 Å². The number of carbonyl (C=O) groups excluding carboxylic acids is 1. The van der Waals surface area contributed by atoms with Gasteiger partial charge in [-0.25, -0.2) is 9.78 Å². The molecule has 0 fully saturated rings. The molecule has 0 aliphatic carbocycles. The zero-order valence-electron chi connectivity index (χ0n) is 12.2. The number of ketones is 1. The summed E-state index contributed by atoms with van der Waals surface area (Å²) in [6, 6.07) is 3.20. The van der Waals surface area contributed by atoms with Gasteiger partial charge in [-0.3, -0.25) is 18.7 Å². The van der Waals surface area contributed by atoms with Crippen LogP contribution >= 0.6 is 23.4 Å². The van der Waals surface area contributed by atoms with Crippen LogP contribution in [0.15, 0.2) is 26.9 Å². The van der Waals surface area contributed by atoms with E-state index in [4.69, 9.17) is 11.6 Å². The molecule has 120 valence electrons. The Morgan fingerprint density at radius 1 is 1.26 bits per heavy atom. The van der Waals surface area contributed by atoms with E-state index in [1.54, 1.807) is 12.1 Å². The van der Waals surface area contributed by atoms with Gasteiger partial charge >= 0.3 is 5.69 Å². The summed E-state index contributed by atoms with van der Waals surface area (Å²) in [4.78, 5) is 45.7. The molecule has 3 aromatic heterocycles. The smallest absolute Gasteiger partial charge is 0.332 e. The first-order valence-electron chi connectivity index (χ1n) is 6.54. The molecule has 0 atom stereocenters. The molecule has 8 nitrogen and oxygen atoms in total. The number of H-pyrrole nitrogens is 2. The zero-order chi connectivity index (χ0) is 16.7. The van der Waals surface area contributed by atoms with E-state index in [1.807, 2.05) is 0 Å². The van der Waals surface area contributed by atoms with Crippen LogP contribution in [0.3, 0.4) is 0 Å². The average Bonchev–Trinajstić information content (AvgIpc) is 3.15. The van der Waals surface area contributed by atoms with Crippen LogP contribution in [-0.4, -0.2) is 35.6 Å². The van der Waals surface area contributed by atoms with Crippen LogP contribution in [-0.2, 0) is 14.1 Å². The summed E-state index contributed by atoms with van der Waals surface area (Å²) in [6.45, 7) is 0. The van der Waals surface area contributed by atoms with E-state index in [0.29, 0.717) is 16.0 Å². The number of aromatic nitrogens is 5. The van der Waals surface area contributed by atoms with E-state index >= 15 is 0 Å². The van der Waals surface area contributed by atoms with E-state index in [2.05, 4.69) is 15.0 Å². The Labute approximate surface area is 138 Å². The fraction of sp³-hybridized carbons (Fsp3) is 0.231. The number of hydrogen-bond donors (Lipinski definition) is 2. The van der Waals surface area contributed by atoms with Gasteiger partial charge in [-0.1, -0.05) is 23.4 Å². The number of fused-ring (bicyclic) bond motifs is 1. The number of thioether (sulfide) groups is 1. The number of imidazole rings is 1. The predicted molar refractivity (Wildman–Crippen MR) is 87.4 cm³/mol. The summed E-state index contributed by atoms with van der Waals surface area (Å²) < 4.78 is 2.28. The average molecular weight is 354 g/mol. The first-order valence-corrected chi connectivity index (χ1v) is 7.91. The van der Waals surface area contributed by atoms with Gasteiger partial charge in [0.25, 0.3) is 5.56 Å². The number of nitrogens with one attached hydrogen (secondary N) is 2. The molecule has 2 N–H and O–H groups in total. The van der Waals surface area contributed by atoms with Crippen molar-refractivity contribution in [1.29, 1.82) is 0 Å². The van der Waals surface area contributed by atoms with Gasteiger partial charge in [-0.05, 0) is 12.1 Å². The van der Waals surface area contributed by atoms with Crippen LogP contribution in [0.1, 0.15) is 10.5 Å². The molecule has 0 aliphatic heterocycles. The van der Waals surface area contributed by atoms with Crippen molar-refractivity contribution in [2.45, 2.75) is 5.16 Å². The third kappa shape index (κ3) is 2.73. The molecule has 0 unspecified atom stereocenters. The molecule has 0 saturated heterocycles. The minimum Gasteiger partial charge on any atom is -0.343 e. The van der Waals surface area contributed by atoms with Gasteiger partial charge in [-0.2, -0.15) is 0 Å². The lowest BCUT2D eigenvalue weighted by molar-refractivity contribution is 0.101. The standard InChI is InChI=1S/C13H12ClN5O3S/c1-18-10-9(11(21)19(2)13(18)22)16-12(17-10)23-5-7(20)6-3-4-8(14)15-6/h3-4,15H,5H2,1-2H3,(H,16,17). The van der Waals surface area contributed by atoms with Crippen molar-refractivity contribution in [1.82, 2.24) is 24.1 Å². The van der Waals surface area contributed by atoms with Crippen LogP contribution in [0.2, 0.25) is 5.15 Å². The van der Waals surface area contributed by atoms with Gasteiger partial charge < -0.3 is 9.97 Å². The van der Waals surface area contributed by atoms with Crippen LogP contribution in [0.5, 0.6) is 0 Å². The lowest BCUT2D eigenvalue weighted by Crippen LogP contribution is -2.36. The number of aryl methyl sites for hydroxylation is 1. The van der Waals surface area contributed by atoms with Crippen LogP contribution < -0.4 is 11.2 Å². The summed E-state index contributed by atoms with van der Waals surface area (Å²) in [5.41, 5.74) is -0.0158. The molecule has 23 heavy (non-hydrogen) atoms. The Hall–Kier alpha value is -2.26. The number of aromatic amines is 2. The quantitative estimate of drug-likeness (QED) is 0.536. The van der Waals surface area contributed by atoms with Crippen LogP contribution in [0, 0.1) is 0 Å². The van der Waals surface area contributed by atoms with E-state index in [1.165, 1.54) is 18.7 Å². The summed E-state index contributed by atoms with van der Waals surface area (Å²) in [7, 11) is 2.93. The third-order valence-corrected chi connectivity index (χ3v) is 4.46. The van der Waals surface area contributed by atoms with Crippen LogP contribution in [0.4, 0.5) is 0 Å². The molecule has 3 rings (SSSR count). The monoisotopic (exact) mass is 353 g/mol. The van der Waals surface area contributed by atoms with Gasteiger partial charge in [0, 0.05) is 14.1 Å². The fourth-order valence-electron chi connectivity index (χ4n) is 2.12. The summed E-state index contributed by atoms with van der Waals surface area (Å²) in [6.07, 6.45) is 0. The SMILES string of the molecule is Cn1c(=O)c2[nH]c(SCC(=O)c3ccc(Cl)[nH]3)nc2n(C)c1=O. The fourth-order valence-corrected chi connectivity index (χ4v) is 3.03. The highest BCUT2D eigenvalue weighted by molar-refractivity contribution is 7.99. The molecule has 0 spiro atoms. The number of carbonyl (C=O) groups is 1. The highest BCUT2D eigenvalue weighted by Crippen LogP contribution is 2.18. The predicted octanol–water partition coefficient (Wildman–Crippen LogP) is 0.917. The summed E-state index contributed by atoms with van der Waals surface area (Å²) in [5.74, 6) is -0.0329. The van der Waals surface area contributed by atoms with Gasteiger partial charge in [0.05, 0.1) is 11.4 Å². The maximum atomic E-state index is 12.1. The number of Topliss-reactive ketones (excluding diaryl/α,β-unsaturated/α-hetero) is 1. The molecule has 0 amide bonds. The highest BCUT2D eigenvalue weighted by atomic mass is 35.5. The highest BCUT2D eigenvalue weighted by Gasteiger charge is 2.15. The maximum Gasteiger partial charge on any atom is 0.332 e. The molecule has 3 heterocycles. The van der Waals surface area contributed by atoms with Crippen molar-refractivity contribution in [2.75, 3.05) is 5.75 Å². The van der Waals surface area contributed by atoms with Crippen molar-refractivity contribution in [3.05, 3.63) is 43.8 Å². The molecule has 10 heteroatoms. The first-order chi connectivity index (χ1) is 10.9. The topological polar surface area (TPSA) is 106 Å². The molecular weight excluding hydrogens is 342 g/mol. The van der Waals surface area contributed by atoms with Gasteiger partial charge in [0.2, 0.25) is 0 Å². The number of halogens is 1. The molecule has 0 aromatic carbocycles. The van der Waals surface area contributed by atoms with E-state index in [0.717, 1.165) is 16.3 Å². The Bertz CT molecular complexity index is 1030. The second-order valence-electron chi connectivity index (χ2n) is 4.88. The number of rotatable bonds is 4. The summed E-state index contributed by atoms with van der Waals surface area (Å²) in [5, 5.41) is 0.782. The van der Waals surface area contributed by atoms with Gasteiger partial charge in [0.1, 0.15) is 5.15 Å². The normalized spacial score (nSPS) is 11.3. The molecule has 3 aromatic rings. The molecule has 0 bridgehead atoms. The second kappa shape index (κ2) is 5.74. The van der Waals surface area contributed by atoms with E-state index < -0.39 is 11.2 Å². The Morgan fingerprint density at radius 2 is 2.00 bits per heavy atom. The molecule has 0 aliphatic rings. The van der Waals surface area contributed by atoms with E-state index in [9.17, 15) is 14.4 Å². The second-order valence-corrected chi connectivity index (χ2v) is 6.25. The molecule has 0 saturated carbocycles. The Kier molecular flexibility index (Phi) is 3.90. The largest absolute Gasteiger partial charge is 0.343 e. The first kappa shape index (κ1) is 15.6.